The van der Waals surface area contributed by atoms with Gasteiger partial charge in [0.2, 0.25) is 0 Å². The lowest BCUT2D eigenvalue weighted by Crippen LogP contribution is -2.17. The first-order valence-corrected chi connectivity index (χ1v) is 6.59. The fraction of sp³-hybridized carbons (Fsp3) is 1.00. The van der Waals surface area contributed by atoms with Crippen molar-refractivity contribution in [3.8, 4) is 0 Å². The minimum Gasteiger partial charge on any atom is -0.396 e. The van der Waals surface area contributed by atoms with E-state index in [2.05, 4.69) is 6.92 Å². The number of unbranched alkanes of at least 4 members (excludes halogenated alkanes) is 2. The van der Waals surface area contributed by atoms with Crippen LogP contribution in [0.3, 0.4) is 0 Å². The molecule has 0 amide bonds. The van der Waals surface area contributed by atoms with Crippen molar-refractivity contribution in [2.45, 2.75) is 58.5 Å². The summed E-state index contributed by atoms with van der Waals surface area (Å²) in [5, 5.41) is 18.5. The van der Waals surface area contributed by atoms with Gasteiger partial charge in [0, 0.05) is 19.8 Å². The van der Waals surface area contributed by atoms with Crippen LogP contribution in [0.25, 0.3) is 0 Å². The van der Waals surface area contributed by atoms with Gasteiger partial charge in [0.1, 0.15) is 0 Å². The van der Waals surface area contributed by atoms with E-state index in [0.29, 0.717) is 5.92 Å². The topological polar surface area (TPSA) is 49.7 Å². The second-order valence-corrected chi connectivity index (χ2v) is 4.46. The molecule has 0 rings (SSSR count). The quantitative estimate of drug-likeness (QED) is 0.538. The van der Waals surface area contributed by atoms with Crippen LogP contribution in [0.1, 0.15) is 52.4 Å². The first-order valence-electron chi connectivity index (χ1n) is 6.59. The molecule has 0 aliphatic heterocycles. The molecule has 0 spiro atoms. The van der Waals surface area contributed by atoms with Gasteiger partial charge >= 0.3 is 0 Å². The van der Waals surface area contributed by atoms with Gasteiger partial charge in [-0.05, 0) is 38.5 Å². The van der Waals surface area contributed by atoms with Gasteiger partial charge in [-0.15, -0.1) is 0 Å². The van der Waals surface area contributed by atoms with Gasteiger partial charge in [0.15, 0.2) is 0 Å². The van der Waals surface area contributed by atoms with Crippen LogP contribution >= 0.6 is 0 Å². The summed E-state index contributed by atoms with van der Waals surface area (Å²) in [6.45, 7) is 5.92. The fourth-order valence-corrected chi connectivity index (χ4v) is 1.77. The van der Waals surface area contributed by atoms with Crippen LogP contribution in [0.5, 0.6) is 0 Å². The zero-order valence-corrected chi connectivity index (χ0v) is 10.8. The van der Waals surface area contributed by atoms with E-state index in [-0.39, 0.29) is 12.7 Å². The summed E-state index contributed by atoms with van der Waals surface area (Å²) >= 11 is 0. The maximum absolute atomic E-state index is 9.83. The average Bonchev–Trinajstić information content (AvgIpc) is 2.30. The number of aliphatic hydroxyl groups excluding tert-OH is 2. The highest BCUT2D eigenvalue weighted by molar-refractivity contribution is 4.64. The number of ether oxygens (including phenoxy) is 1. The van der Waals surface area contributed by atoms with Crippen LogP contribution in [0.2, 0.25) is 0 Å². The molecule has 0 aromatic heterocycles. The molecule has 0 aliphatic rings. The van der Waals surface area contributed by atoms with E-state index in [4.69, 9.17) is 9.84 Å². The molecular weight excluding hydrogens is 204 g/mol. The largest absolute Gasteiger partial charge is 0.396 e. The molecule has 0 aromatic carbocycles. The standard InChI is InChI=1S/C13H28O3/c1-3-16-11-6-4-5-9-13(15)12(2)8-7-10-14/h12-15H,3-11H2,1-2H3. The smallest absolute Gasteiger partial charge is 0.0565 e. The van der Waals surface area contributed by atoms with Crippen molar-refractivity contribution in [3.63, 3.8) is 0 Å². The van der Waals surface area contributed by atoms with E-state index in [9.17, 15) is 5.11 Å². The van der Waals surface area contributed by atoms with Crippen LogP contribution in [0, 0.1) is 5.92 Å². The van der Waals surface area contributed by atoms with Gasteiger partial charge in [-0.3, -0.25) is 0 Å². The predicted molar refractivity (Wildman–Crippen MR) is 66.5 cm³/mol. The number of hydrogen-bond donors (Lipinski definition) is 2. The molecule has 0 radical (unpaired) electrons. The maximum Gasteiger partial charge on any atom is 0.0565 e. The van der Waals surface area contributed by atoms with Gasteiger partial charge in [-0.1, -0.05) is 19.8 Å². The van der Waals surface area contributed by atoms with Gasteiger partial charge < -0.3 is 14.9 Å². The third-order valence-corrected chi connectivity index (χ3v) is 2.97. The van der Waals surface area contributed by atoms with E-state index in [1.165, 1.54) is 0 Å². The van der Waals surface area contributed by atoms with Crippen LogP contribution in [0.15, 0.2) is 0 Å². The minimum atomic E-state index is -0.210. The Hall–Kier alpha value is -0.120. The Labute approximate surface area is 99.8 Å². The zero-order chi connectivity index (χ0) is 12.2. The lowest BCUT2D eigenvalue weighted by atomic mass is 9.95. The molecule has 0 fully saturated rings. The molecule has 0 heterocycles. The molecule has 3 nitrogen and oxygen atoms in total. The van der Waals surface area contributed by atoms with Crippen molar-refractivity contribution < 1.29 is 14.9 Å². The van der Waals surface area contributed by atoms with Gasteiger partial charge in [0.25, 0.3) is 0 Å². The van der Waals surface area contributed by atoms with Gasteiger partial charge in [-0.25, -0.2) is 0 Å². The number of aliphatic hydroxyl groups is 2. The number of rotatable bonds is 11. The summed E-state index contributed by atoms with van der Waals surface area (Å²) in [4.78, 5) is 0. The third kappa shape index (κ3) is 9.13. The summed E-state index contributed by atoms with van der Waals surface area (Å²) in [7, 11) is 0. The highest BCUT2D eigenvalue weighted by atomic mass is 16.5. The highest BCUT2D eigenvalue weighted by Crippen LogP contribution is 2.16. The first kappa shape index (κ1) is 15.9. The van der Waals surface area contributed by atoms with Gasteiger partial charge in [0.05, 0.1) is 6.10 Å². The molecular formula is C13H28O3. The summed E-state index contributed by atoms with van der Waals surface area (Å²) < 4.78 is 5.25. The Bertz CT molecular complexity index is 139. The molecule has 16 heavy (non-hydrogen) atoms. The monoisotopic (exact) mass is 232 g/mol. The summed E-state index contributed by atoms with van der Waals surface area (Å²) in [6, 6.07) is 0. The van der Waals surface area contributed by atoms with Crippen molar-refractivity contribution in [2.75, 3.05) is 19.8 Å². The second kappa shape index (κ2) is 11.4. The molecule has 0 bridgehead atoms. The molecule has 0 saturated heterocycles. The maximum atomic E-state index is 9.83. The Kier molecular flexibility index (Phi) is 11.3. The average molecular weight is 232 g/mol. The Balaban J connectivity index is 3.31. The van der Waals surface area contributed by atoms with Crippen LogP contribution in [0.4, 0.5) is 0 Å². The molecule has 3 heteroatoms. The fourth-order valence-electron chi connectivity index (χ4n) is 1.77. The van der Waals surface area contributed by atoms with Crippen LogP contribution in [-0.2, 0) is 4.74 Å². The van der Waals surface area contributed by atoms with E-state index in [1.807, 2.05) is 6.92 Å². The molecule has 2 atom stereocenters. The highest BCUT2D eigenvalue weighted by Gasteiger charge is 2.12. The molecule has 2 unspecified atom stereocenters. The number of hydrogen-bond acceptors (Lipinski definition) is 3. The van der Waals surface area contributed by atoms with E-state index >= 15 is 0 Å². The lowest BCUT2D eigenvalue weighted by molar-refractivity contribution is 0.0934. The van der Waals surface area contributed by atoms with Crippen molar-refractivity contribution >= 4 is 0 Å². The SMILES string of the molecule is CCOCCCCCC(O)C(C)CCCO. The first-order chi connectivity index (χ1) is 7.72. The summed E-state index contributed by atoms with van der Waals surface area (Å²) in [6.07, 6.45) is 5.66. The van der Waals surface area contributed by atoms with Gasteiger partial charge in [-0.2, -0.15) is 0 Å². The Morgan fingerprint density at radius 1 is 1.06 bits per heavy atom. The minimum absolute atomic E-state index is 0.210. The van der Waals surface area contributed by atoms with Crippen molar-refractivity contribution in [3.05, 3.63) is 0 Å². The molecule has 98 valence electrons. The third-order valence-electron chi connectivity index (χ3n) is 2.97. The van der Waals surface area contributed by atoms with E-state index in [1.54, 1.807) is 0 Å². The van der Waals surface area contributed by atoms with Crippen LogP contribution in [-0.4, -0.2) is 36.1 Å². The Morgan fingerprint density at radius 2 is 1.81 bits per heavy atom. The Morgan fingerprint density at radius 3 is 2.44 bits per heavy atom. The zero-order valence-electron chi connectivity index (χ0n) is 10.8. The predicted octanol–water partition coefficient (Wildman–Crippen LogP) is 2.35. The lowest BCUT2D eigenvalue weighted by Gasteiger charge is -2.18. The summed E-state index contributed by atoms with van der Waals surface area (Å²) in [5.41, 5.74) is 0. The molecule has 0 aliphatic carbocycles. The van der Waals surface area contributed by atoms with E-state index in [0.717, 1.165) is 51.7 Å². The van der Waals surface area contributed by atoms with Crippen molar-refractivity contribution in [1.29, 1.82) is 0 Å². The van der Waals surface area contributed by atoms with Crippen molar-refractivity contribution in [2.24, 2.45) is 5.92 Å². The van der Waals surface area contributed by atoms with Crippen LogP contribution < -0.4 is 0 Å². The van der Waals surface area contributed by atoms with Crippen molar-refractivity contribution in [1.82, 2.24) is 0 Å². The summed E-state index contributed by atoms with van der Waals surface area (Å²) in [5.74, 6) is 0.305. The molecule has 0 aromatic rings. The second-order valence-electron chi connectivity index (χ2n) is 4.46. The normalized spacial score (nSPS) is 15.0. The molecule has 2 N–H and O–H groups in total. The van der Waals surface area contributed by atoms with E-state index < -0.39 is 0 Å². The molecule has 0 saturated carbocycles.